The van der Waals surface area contributed by atoms with Gasteiger partial charge in [-0.15, -0.1) is 0 Å². The van der Waals surface area contributed by atoms with Crippen LogP contribution in [-0.2, 0) is 10.0 Å². The molecule has 1 fully saturated rings. The summed E-state index contributed by atoms with van der Waals surface area (Å²) in [7, 11) is -1.81. The summed E-state index contributed by atoms with van der Waals surface area (Å²) in [5.41, 5.74) is 0.0697. The van der Waals surface area contributed by atoms with Gasteiger partial charge >= 0.3 is 0 Å². The topological polar surface area (TPSA) is 65.5 Å². The highest BCUT2D eigenvalue weighted by atomic mass is 32.2. The summed E-state index contributed by atoms with van der Waals surface area (Å²) in [5.74, 6) is 0.399. The average Bonchev–Trinajstić information content (AvgIpc) is 2.46. The molecule has 0 saturated carbocycles. The lowest BCUT2D eigenvalue weighted by Crippen LogP contribution is -2.54. The Kier molecular flexibility index (Phi) is 4.55. The summed E-state index contributed by atoms with van der Waals surface area (Å²) in [5, 5.41) is 2.85. The Labute approximate surface area is 127 Å². The largest absolute Gasteiger partial charge is 0.372 e. The molecule has 118 valence electrons. The first-order valence-electron chi connectivity index (χ1n) is 7.15. The maximum absolute atomic E-state index is 12.8. The van der Waals surface area contributed by atoms with Gasteiger partial charge in [0, 0.05) is 45.0 Å². The lowest BCUT2D eigenvalue weighted by Gasteiger charge is -2.41. The van der Waals surface area contributed by atoms with E-state index in [0.717, 1.165) is 13.1 Å². The fourth-order valence-corrected chi connectivity index (χ4v) is 4.10. The SMILES string of the molecule is CNc1ncccc1S(=O)(=O)N1CCN(C(C)(C)C)CC1. The molecule has 21 heavy (non-hydrogen) atoms. The van der Waals surface area contributed by atoms with E-state index in [2.05, 4.69) is 36.0 Å². The van der Waals surface area contributed by atoms with Gasteiger partial charge in [0.25, 0.3) is 0 Å². The predicted octanol–water partition coefficient (Wildman–Crippen LogP) is 1.23. The molecule has 1 aromatic rings. The molecule has 1 aromatic heterocycles. The van der Waals surface area contributed by atoms with E-state index >= 15 is 0 Å². The van der Waals surface area contributed by atoms with Crippen LogP contribution in [0.5, 0.6) is 0 Å². The summed E-state index contributed by atoms with van der Waals surface area (Å²) < 4.78 is 27.1. The van der Waals surface area contributed by atoms with Crippen LogP contribution in [0.15, 0.2) is 23.2 Å². The second-order valence-electron chi connectivity index (χ2n) is 6.16. The van der Waals surface area contributed by atoms with Crippen molar-refractivity contribution in [2.45, 2.75) is 31.2 Å². The minimum Gasteiger partial charge on any atom is -0.372 e. The Bertz CT molecular complexity index is 587. The van der Waals surface area contributed by atoms with Crippen molar-refractivity contribution in [3.8, 4) is 0 Å². The highest BCUT2D eigenvalue weighted by molar-refractivity contribution is 7.89. The summed E-state index contributed by atoms with van der Waals surface area (Å²) in [6.07, 6.45) is 1.59. The molecule has 0 aromatic carbocycles. The van der Waals surface area contributed by atoms with E-state index in [9.17, 15) is 8.42 Å². The van der Waals surface area contributed by atoms with E-state index in [1.807, 2.05) is 0 Å². The lowest BCUT2D eigenvalue weighted by molar-refractivity contribution is 0.0922. The van der Waals surface area contributed by atoms with Gasteiger partial charge in [-0.3, -0.25) is 4.90 Å². The number of rotatable bonds is 3. The Balaban J connectivity index is 2.19. The standard InChI is InChI=1S/C14H24N4O2S/c1-14(2,3)17-8-10-18(11-9-17)21(19,20)12-6-5-7-16-13(12)15-4/h5-7H,8-11H2,1-4H3,(H,15,16). The molecule has 1 aliphatic rings. The number of sulfonamides is 1. The molecule has 1 N–H and O–H groups in total. The van der Waals surface area contributed by atoms with Gasteiger partial charge in [-0.05, 0) is 32.9 Å². The molecule has 0 bridgehead atoms. The van der Waals surface area contributed by atoms with Gasteiger partial charge < -0.3 is 5.32 Å². The van der Waals surface area contributed by atoms with Crippen LogP contribution in [0.2, 0.25) is 0 Å². The van der Waals surface area contributed by atoms with E-state index in [1.165, 1.54) is 0 Å². The van der Waals surface area contributed by atoms with E-state index < -0.39 is 10.0 Å². The van der Waals surface area contributed by atoms with Crippen LogP contribution < -0.4 is 5.32 Å². The maximum Gasteiger partial charge on any atom is 0.246 e. The minimum atomic E-state index is -3.49. The molecule has 2 heterocycles. The monoisotopic (exact) mass is 312 g/mol. The number of aromatic nitrogens is 1. The molecule has 0 amide bonds. The Morgan fingerprint density at radius 1 is 1.19 bits per heavy atom. The zero-order chi connectivity index (χ0) is 15.7. The van der Waals surface area contributed by atoms with Crippen LogP contribution in [0.3, 0.4) is 0 Å². The number of pyridine rings is 1. The smallest absolute Gasteiger partial charge is 0.246 e. The van der Waals surface area contributed by atoms with Gasteiger partial charge in [-0.1, -0.05) is 0 Å². The van der Waals surface area contributed by atoms with Gasteiger partial charge in [-0.2, -0.15) is 4.31 Å². The number of nitrogens with zero attached hydrogens (tertiary/aromatic N) is 3. The first kappa shape index (κ1) is 16.2. The van der Waals surface area contributed by atoms with Crippen molar-refractivity contribution in [2.24, 2.45) is 0 Å². The van der Waals surface area contributed by atoms with Crippen LogP contribution >= 0.6 is 0 Å². The third kappa shape index (κ3) is 3.36. The number of hydrogen-bond acceptors (Lipinski definition) is 5. The number of nitrogens with one attached hydrogen (secondary N) is 1. The highest BCUT2D eigenvalue weighted by Crippen LogP contribution is 2.24. The second kappa shape index (κ2) is 5.90. The second-order valence-corrected chi connectivity index (χ2v) is 8.07. The van der Waals surface area contributed by atoms with Crippen LogP contribution in [0, 0.1) is 0 Å². The van der Waals surface area contributed by atoms with Crippen LogP contribution in [0.1, 0.15) is 20.8 Å². The molecule has 0 spiro atoms. The molecule has 0 unspecified atom stereocenters. The minimum absolute atomic E-state index is 0.0697. The van der Waals surface area contributed by atoms with E-state index in [0.29, 0.717) is 18.9 Å². The van der Waals surface area contributed by atoms with Gasteiger partial charge in [-0.25, -0.2) is 13.4 Å². The number of piperazine rings is 1. The van der Waals surface area contributed by atoms with Crippen molar-refractivity contribution in [3.63, 3.8) is 0 Å². The third-order valence-electron chi connectivity index (χ3n) is 3.81. The average molecular weight is 312 g/mol. The van der Waals surface area contributed by atoms with Crippen molar-refractivity contribution >= 4 is 15.8 Å². The fraction of sp³-hybridized carbons (Fsp3) is 0.643. The Hall–Kier alpha value is -1.18. The highest BCUT2D eigenvalue weighted by Gasteiger charge is 2.33. The molecular formula is C14H24N4O2S. The molecule has 7 heteroatoms. The predicted molar refractivity (Wildman–Crippen MR) is 83.9 cm³/mol. The van der Waals surface area contributed by atoms with Crippen molar-refractivity contribution in [3.05, 3.63) is 18.3 Å². The van der Waals surface area contributed by atoms with E-state index in [1.54, 1.807) is 29.7 Å². The van der Waals surface area contributed by atoms with Crippen LogP contribution in [0.25, 0.3) is 0 Å². The van der Waals surface area contributed by atoms with E-state index in [4.69, 9.17) is 0 Å². The molecule has 2 rings (SSSR count). The van der Waals surface area contributed by atoms with Crippen LogP contribution in [0.4, 0.5) is 5.82 Å². The molecule has 1 aliphatic heterocycles. The Morgan fingerprint density at radius 3 is 2.33 bits per heavy atom. The Morgan fingerprint density at radius 2 is 1.81 bits per heavy atom. The van der Waals surface area contributed by atoms with Crippen LogP contribution in [-0.4, -0.2) is 61.4 Å². The van der Waals surface area contributed by atoms with Crippen molar-refractivity contribution in [2.75, 3.05) is 38.5 Å². The number of hydrogen-bond donors (Lipinski definition) is 1. The molecule has 6 nitrogen and oxygen atoms in total. The molecule has 1 saturated heterocycles. The van der Waals surface area contributed by atoms with Gasteiger partial charge in [0.05, 0.1) is 0 Å². The quantitative estimate of drug-likeness (QED) is 0.909. The van der Waals surface area contributed by atoms with Crippen molar-refractivity contribution in [1.82, 2.24) is 14.2 Å². The molecule has 0 radical (unpaired) electrons. The fourth-order valence-electron chi connectivity index (χ4n) is 2.52. The van der Waals surface area contributed by atoms with Gasteiger partial charge in [0.1, 0.15) is 10.7 Å². The van der Waals surface area contributed by atoms with Crippen molar-refractivity contribution in [1.29, 1.82) is 0 Å². The maximum atomic E-state index is 12.8. The lowest BCUT2D eigenvalue weighted by atomic mass is 10.1. The van der Waals surface area contributed by atoms with E-state index in [-0.39, 0.29) is 10.4 Å². The first-order valence-corrected chi connectivity index (χ1v) is 8.59. The number of anilines is 1. The van der Waals surface area contributed by atoms with Crippen molar-refractivity contribution < 1.29 is 8.42 Å². The zero-order valence-corrected chi connectivity index (χ0v) is 13.9. The normalized spacial score (nSPS) is 18.7. The summed E-state index contributed by atoms with van der Waals surface area (Å²) in [4.78, 5) is 6.64. The molecular weight excluding hydrogens is 288 g/mol. The summed E-state index contributed by atoms with van der Waals surface area (Å²) in [6.45, 7) is 8.97. The first-order chi connectivity index (χ1) is 9.76. The van der Waals surface area contributed by atoms with Gasteiger partial charge in [0.15, 0.2) is 0 Å². The third-order valence-corrected chi connectivity index (χ3v) is 5.74. The molecule has 0 atom stereocenters. The van der Waals surface area contributed by atoms with Gasteiger partial charge in [0.2, 0.25) is 10.0 Å². The summed E-state index contributed by atoms with van der Waals surface area (Å²) in [6, 6.07) is 3.25. The zero-order valence-electron chi connectivity index (χ0n) is 13.1. The molecule has 0 aliphatic carbocycles. The summed E-state index contributed by atoms with van der Waals surface area (Å²) >= 11 is 0.